The predicted octanol–water partition coefficient (Wildman–Crippen LogP) is 9.94. The van der Waals surface area contributed by atoms with Gasteiger partial charge in [-0.05, 0) is 42.9 Å². The Morgan fingerprint density at radius 1 is 0.714 bits per heavy atom. The first kappa shape index (κ1) is 31.5. The fourth-order valence-corrected chi connectivity index (χ4v) is 5.21. The minimum atomic E-state index is -0.694. The zero-order chi connectivity index (χ0) is 25.7. The van der Waals surface area contributed by atoms with Gasteiger partial charge in [-0.1, -0.05) is 142 Å². The van der Waals surface area contributed by atoms with Gasteiger partial charge in [0.25, 0.3) is 0 Å². The van der Waals surface area contributed by atoms with Crippen LogP contribution in [0.2, 0.25) is 0 Å². The molecule has 2 N–H and O–H groups in total. The van der Waals surface area contributed by atoms with Crippen LogP contribution in [0.15, 0.2) is 12.1 Å². The van der Waals surface area contributed by atoms with Crippen LogP contribution in [0.5, 0.6) is 5.75 Å². The molecule has 0 heterocycles. The maximum Gasteiger partial charge on any atom is 0.306 e. The standard InChI is InChI=1S/C32H56O3/c1-4-6-7-8-9-10-11-12-13-14-15-16-17-18-19-20-21-22-23-30(32(34)35)26-28-24-27(3)31(33)29(5-2)25-28/h24-25,30,33H,4-23,26H2,1-3H3,(H,34,35). The second kappa shape index (κ2) is 20.7. The van der Waals surface area contributed by atoms with E-state index in [0.717, 1.165) is 42.4 Å². The molecule has 0 amide bonds. The number of carboxylic acid groups (broad SMARTS) is 1. The van der Waals surface area contributed by atoms with Gasteiger partial charge in [-0.25, -0.2) is 0 Å². The molecule has 1 aromatic carbocycles. The van der Waals surface area contributed by atoms with E-state index in [1.165, 1.54) is 103 Å². The van der Waals surface area contributed by atoms with E-state index in [0.29, 0.717) is 12.2 Å². The molecule has 0 aliphatic carbocycles. The van der Waals surface area contributed by atoms with Crippen LogP contribution in [0.1, 0.15) is 153 Å². The lowest BCUT2D eigenvalue weighted by atomic mass is 9.91. The Hall–Kier alpha value is -1.51. The minimum absolute atomic E-state index is 0.329. The molecule has 0 fully saturated rings. The third-order valence-electron chi connectivity index (χ3n) is 7.56. The number of phenolic OH excluding ortho intramolecular Hbond substituents is 1. The Morgan fingerprint density at radius 3 is 1.54 bits per heavy atom. The predicted molar refractivity (Wildman–Crippen MR) is 150 cm³/mol. The summed E-state index contributed by atoms with van der Waals surface area (Å²) in [5, 5.41) is 19.8. The highest BCUT2D eigenvalue weighted by Gasteiger charge is 2.18. The summed E-state index contributed by atoms with van der Waals surface area (Å²) >= 11 is 0. The van der Waals surface area contributed by atoms with E-state index in [-0.39, 0.29) is 5.92 Å². The van der Waals surface area contributed by atoms with Gasteiger partial charge in [-0.15, -0.1) is 0 Å². The topological polar surface area (TPSA) is 57.5 Å². The van der Waals surface area contributed by atoms with E-state index in [1.807, 2.05) is 26.0 Å². The summed E-state index contributed by atoms with van der Waals surface area (Å²) in [6.07, 6.45) is 26.3. The van der Waals surface area contributed by atoms with Crippen molar-refractivity contribution in [3.63, 3.8) is 0 Å². The second-order valence-corrected chi connectivity index (χ2v) is 10.8. The van der Waals surface area contributed by atoms with Crippen LogP contribution in [0.3, 0.4) is 0 Å². The van der Waals surface area contributed by atoms with Crippen LogP contribution in [0.25, 0.3) is 0 Å². The van der Waals surface area contributed by atoms with Gasteiger partial charge in [0.2, 0.25) is 0 Å². The highest BCUT2D eigenvalue weighted by Crippen LogP contribution is 2.27. The van der Waals surface area contributed by atoms with E-state index in [2.05, 4.69) is 6.92 Å². The Labute approximate surface area is 217 Å². The molecule has 0 saturated heterocycles. The van der Waals surface area contributed by atoms with Crippen LogP contribution in [-0.2, 0) is 17.6 Å². The molecule has 3 heteroatoms. The first-order valence-electron chi connectivity index (χ1n) is 15.0. The highest BCUT2D eigenvalue weighted by molar-refractivity contribution is 5.70. The minimum Gasteiger partial charge on any atom is -0.507 e. The second-order valence-electron chi connectivity index (χ2n) is 10.8. The molecule has 1 unspecified atom stereocenters. The van der Waals surface area contributed by atoms with Crippen molar-refractivity contribution in [2.45, 2.75) is 156 Å². The van der Waals surface area contributed by atoms with Crippen LogP contribution >= 0.6 is 0 Å². The van der Waals surface area contributed by atoms with E-state index in [9.17, 15) is 15.0 Å². The van der Waals surface area contributed by atoms with Crippen molar-refractivity contribution in [2.75, 3.05) is 0 Å². The van der Waals surface area contributed by atoms with Gasteiger partial charge < -0.3 is 10.2 Å². The molecule has 0 radical (unpaired) electrons. The lowest BCUT2D eigenvalue weighted by Gasteiger charge is -2.15. The number of carbonyl (C=O) groups is 1. The summed E-state index contributed by atoms with van der Waals surface area (Å²) in [5.74, 6) is -0.669. The van der Waals surface area contributed by atoms with E-state index in [1.54, 1.807) is 0 Å². The molecule has 1 atom stereocenters. The molecule has 1 aromatic rings. The van der Waals surface area contributed by atoms with Crippen LogP contribution in [0, 0.1) is 12.8 Å². The smallest absolute Gasteiger partial charge is 0.306 e. The van der Waals surface area contributed by atoms with Gasteiger partial charge in [0.1, 0.15) is 5.75 Å². The van der Waals surface area contributed by atoms with Gasteiger partial charge in [0.05, 0.1) is 5.92 Å². The SMILES string of the molecule is CCCCCCCCCCCCCCCCCCCCC(Cc1cc(C)c(O)c(CC)c1)C(=O)O. The van der Waals surface area contributed by atoms with Crippen molar-refractivity contribution in [1.82, 2.24) is 0 Å². The number of phenols is 1. The Balaban J connectivity index is 2.01. The van der Waals surface area contributed by atoms with Gasteiger partial charge >= 0.3 is 5.97 Å². The first-order valence-corrected chi connectivity index (χ1v) is 15.0. The van der Waals surface area contributed by atoms with Crippen LogP contribution in [0.4, 0.5) is 0 Å². The monoisotopic (exact) mass is 488 g/mol. The molecule has 0 saturated carbocycles. The van der Waals surface area contributed by atoms with Crippen molar-refractivity contribution in [1.29, 1.82) is 0 Å². The zero-order valence-electron chi connectivity index (χ0n) is 23.4. The largest absolute Gasteiger partial charge is 0.507 e. The number of aryl methyl sites for hydroxylation is 2. The molecule has 35 heavy (non-hydrogen) atoms. The zero-order valence-corrected chi connectivity index (χ0v) is 23.4. The summed E-state index contributed by atoms with van der Waals surface area (Å²) in [6, 6.07) is 3.92. The molecular formula is C32H56O3. The summed E-state index contributed by atoms with van der Waals surface area (Å²) in [4.78, 5) is 11.8. The number of rotatable bonds is 23. The molecule has 1 rings (SSSR count). The van der Waals surface area contributed by atoms with Crippen molar-refractivity contribution in [3.05, 3.63) is 28.8 Å². The summed E-state index contributed by atoms with van der Waals surface area (Å²) < 4.78 is 0. The normalized spacial score (nSPS) is 12.2. The van der Waals surface area contributed by atoms with Crippen molar-refractivity contribution in [2.24, 2.45) is 5.92 Å². The maximum atomic E-state index is 11.8. The number of hydrogen-bond donors (Lipinski definition) is 2. The molecule has 0 aromatic heterocycles. The number of aromatic hydroxyl groups is 1. The third kappa shape index (κ3) is 15.3. The Morgan fingerprint density at radius 2 is 1.14 bits per heavy atom. The van der Waals surface area contributed by atoms with E-state index >= 15 is 0 Å². The fraction of sp³-hybridized carbons (Fsp3) is 0.781. The lowest BCUT2D eigenvalue weighted by Crippen LogP contribution is -2.16. The van der Waals surface area contributed by atoms with Crippen molar-refractivity contribution < 1.29 is 15.0 Å². The number of unbranched alkanes of at least 4 members (excludes halogenated alkanes) is 17. The van der Waals surface area contributed by atoms with E-state index < -0.39 is 5.97 Å². The van der Waals surface area contributed by atoms with Crippen LogP contribution < -0.4 is 0 Å². The van der Waals surface area contributed by atoms with Gasteiger partial charge in [0.15, 0.2) is 0 Å². The van der Waals surface area contributed by atoms with E-state index in [4.69, 9.17) is 0 Å². The average Bonchev–Trinajstić information content (AvgIpc) is 2.84. The lowest BCUT2D eigenvalue weighted by molar-refractivity contribution is -0.142. The number of hydrogen-bond acceptors (Lipinski definition) is 2. The molecule has 3 nitrogen and oxygen atoms in total. The molecule has 0 bridgehead atoms. The third-order valence-corrected chi connectivity index (χ3v) is 7.56. The molecule has 0 spiro atoms. The molecular weight excluding hydrogens is 432 g/mol. The molecule has 0 aliphatic rings. The maximum absolute atomic E-state index is 11.8. The summed E-state index contributed by atoms with van der Waals surface area (Å²) in [5.41, 5.74) is 2.79. The van der Waals surface area contributed by atoms with Gasteiger partial charge in [0, 0.05) is 0 Å². The Bertz CT molecular complexity index is 667. The fourth-order valence-electron chi connectivity index (χ4n) is 5.21. The van der Waals surface area contributed by atoms with Crippen molar-refractivity contribution >= 4 is 5.97 Å². The average molecular weight is 489 g/mol. The Kier molecular flexibility index (Phi) is 18.6. The molecule has 0 aliphatic heterocycles. The highest BCUT2D eigenvalue weighted by atomic mass is 16.4. The number of benzene rings is 1. The molecule has 202 valence electrons. The van der Waals surface area contributed by atoms with Crippen LogP contribution in [-0.4, -0.2) is 16.2 Å². The first-order chi connectivity index (χ1) is 17.0. The van der Waals surface area contributed by atoms with Gasteiger partial charge in [-0.2, -0.15) is 0 Å². The quantitative estimate of drug-likeness (QED) is 0.151. The van der Waals surface area contributed by atoms with Crippen molar-refractivity contribution in [3.8, 4) is 5.75 Å². The number of aliphatic carboxylic acids is 1. The van der Waals surface area contributed by atoms with Gasteiger partial charge in [-0.3, -0.25) is 4.79 Å². The summed E-state index contributed by atoms with van der Waals surface area (Å²) in [6.45, 7) is 6.19. The number of carboxylic acids is 1. The summed E-state index contributed by atoms with van der Waals surface area (Å²) in [7, 11) is 0.